The molecule has 1 unspecified atom stereocenters. The molecule has 0 aliphatic carbocycles. The number of nitrogens with zero attached hydrogens (tertiary/aromatic N) is 1. The number of hydrogen-bond acceptors (Lipinski definition) is 2. The lowest BCUT2D eigenvalue weighted by atomic mass is 10.2. The molecule has 3 heteroatoms. The van der Waals surface area contributed by atoms with Crippen LogP contribution >= 0.6 is 0 Å². The van der Waals surface area contributed by atoms with Crippen molar-refractivity contribution < 1.29 is 10.0 Å². The topological polar surface area (TPSA) is 27.9 Å². The van der Waals surface area contributed by atoms with Gasteiger partial charge in [0.2, 0.25) is 0 Å². The molecule has 1 rings (SSSR count). The van der Waals surface area contributed by atoms with Gasteiger partial charge in [-0.15, -0.1) is 0 Å². The first kappa shape index (κ1) is 15.2. The smallest absolute Gasteiger partial charge is 0.103 e. The van der Waals surface area contributed by atoms with Crippen LogP contribution in [0.3, 0.4) is 0 Å². The van der Waals surface area contributed by atoms with Gasteiger partial charge in [0, 0.05) is 12.1 Å². The van der Waals surface area contributed by atoms with Crippen LogP contribution in [-0.2, 0) is 6.54 Å². The molecule has 0 amide bonds. The van der Waals surface area contributed by atoms with Gasteiger partial charge in [-0.2, -0.15) is 0 Å². The second-order valence-electron chi connectivity index (χ2n) is 4.94. The molecule has 0 saturated heterocycles. The number of rotatable bonds is 9. The Kier molecular flexibility index (Phi) is 7.65. The Morgan fingerprint density at radius 3 is 2.44 bits per heavy atom. The highest BCUT2D eigenvalue weighted by Gasteiger charge is 2.09. The zero-order chi connectivity index (χ0) is 13.2. The van der Waals surface area contributed by atoms with Crippen molar-refractivity contribution in [1.82, 2.24) is 4.90 Å². The van der Waals surface area contributed by atoms with Crippen LogP contribution in [0.2, 0.25) is 0 Å². The van der Waals surface area contributed by atoms with Crippen LogP contribution in [0.15, 0.2) is 30.3 Å². The van der Waals surface area contributed by atoms with Gasteiger partial charge in [0.15, 0.2) is 0 Å². The lowest BCUT2D eigenvalue weighted by molar-refractivity contribution is -0.913. The highest BCUT2D eigenvalue weighted by molar-refractivity contribution is 5.13. The van der Waals surface area contributed by atoms with E-state index in [0.29, 0.717) is 0 Å². The van der Waals surface area contributed by atoms with E-state index in [1.807, 2.05) is 6.07 Å². The second-order valence-corrected chi connectivity index (χ2v) is 4.94. The molecule has 0 radical (unpaired) electrons. The molecule has 0 heterocycles. The number of quaternary nitrogens is 1. The first-order valence-corrected chi connectivity index (χ1v) is 6.93. The Balaban J connectivity index is 2.39. The van der Waals surface area contributed by atoms with Crippen molar-refractivity contribution in [2.75, 3.05) is 39.8 Å². The maximum Gasteiger partial charge on any atom is 0.103 e. The number of aliphatic hydroxyl groups excluding tert-OH is 1. The summed E-state index contributed by atoms with van der Waals surface area (Å²) < 4.78 is 0. The molecule has 0 saturated carbocycles. The summed E-state index contributed by atoms with van der Waals surface area (Å²) in [6.07, 6.45) is 1.20. The van der Waals surface area contributed by atoms with Gasteiger partial charge < -0.3 is 14.9 Å². The third-order valence-corrected chi connectivity index (χ3v) is 3.21. The van der Waals surface area contributed by atoms with E-state index in [4.69, 9.17) is 5.11 Å². The zero-order valence-corrected chi connectivity index (χ0v) is 11.7. The van der Waals surface area contributed by atoms with Crippen molar-refractivity contribution in [2.24, 2.45) is 0 Å². The largest absolute Gasteiger partial charge is 0.391 e. The van der Waals surface area contributed by atoms with Gasteiger partial charge >= 0.3 is 0 Å². The summed E-state index contributed by atoms with van der Waals surface area (Å²) in [5, 5.41) is 9.15. The normalized spacial score (nSPS) is 12.9. The fraction of sp³-hybridized carbons (Fsp3) is 0.600. The van der Waals surface area contributed by atoms with E-state index in [9.17, 15) is 0 Å². The van der Waals surface area contributed by atoms with Gasteiger partial charge in [-0.1, -0.05) is 37.3 Å². The molecule has 0 spiro atoms. The summed E-state index contributed by atoms with van der Waals surface area (Å²) in [6, 6.07) is 10.5. The van der Waals surface area contributed by atoms with E-state index >= 15 is 0 Å². The lowest BCUT2D eigenvalue weighted by Crippen LogP contribution is -3.11. The number of likely N-dealkylation sites (N-methyl/N-ethyl adjacent to an activating group) is 1. The molecule has 0 aliphatic heterocycles. The van der Waals surface area contributed by atoms with E-state index in [0.717, 1.165) is 32.7 Å². The monoisotopic (exact) mass is 251 g/mol. The van der Waals surface area contributed by atoms with Gasteiger partial charge in [0.25, 0.3) is 0 Å². The standard InChI is InChI=1S/C15H26N2O/c1-3-9-16(2)10-11-17(12-13-18)14-15-7-5-4-6-8-15/h4-8,18H,3,9-14H2,1-2H3/p+1. The van der Waals surface area contributed by atoms with Crippen molar-refractivity contribution >= 4 is 0 Å². The molecule has 0 aromatic heterocycles. The van der Waals surface area contributed by atoms with Gasteiger partial charge in [0.1, 0.15) is 13.1 Å². The minimum absolute atomic E-state index is 0.264. The summed E-state index contributed by atoms with van der Waals surface area (Å²) >= 11 is 0. The average Bonchev–Trinajstić information content (AvgIpc) is 2.38. The molecular formula is C15H27N2O+. The van der Waals surface area contributed by atoms with Crippen LogP contribution < -0.4 is 4.90 Å². The van der Waals surface area contributed by atoms with Crippen molar-refractivity contribution in [2.45, 2.75) is 19.9 Å². The molecule has 2 N–H and O–H groups in total. The molecule has 1 atom stereocenters. The van der Waals surface area contributed by atoms with Gasteiger partial charge in [-0.25, -0.2) is 0 Å². The number of nitrogens with one attached hydrogen (secondary N) is 1. The third kappa shape index (κ3) is 6.15. The molecule has 18 heavy (non-hydrogen) atoms. The number of aliphatic hydroxyl groups is 1. The molecule has 1 aromatic rings. The van der Waals surface area contributed by atoms with E-state index in [1.165, 1.54) is 16.9 Å². The Bertz CT molecular complexity index is 303. The Morgan fingerprint density at radius 1 is 1.11 bits per heavy atom. The number of hydrogen-bond donors (Lipinski definition) is 2. The predicted molar refractivity (Wildman–Crippen MR) is 75.7 cm³/mol. The molecule has 3 nitrogen and oxygen atoms in total. The molecule has 0 fully saturated rings. The highest BCUT2D eigenvalue weighted by Crippen LogP contribution is 1.95. The Hall–Kier alpha value is -0.900. The summed E-state index contributed by atoms with van der Waals surface area (Å²) in [5.41, 5.74) is 1.35. The Morgan fingerprint density at radius 2 is 1.83 bits per heavy atom. The van der Waals surface area contributed by atoms with Crippen molar-refractivity contribution in [3.05, 3.63) is 35.9 Å². The van der Waals surface area contributed by atoms with Crippen molar-refractivity contribution in [3.63, 3.8) is 0 Å². The van der Waals surface area contributed by atoms with Gasteiger partial charge in [-0.3, -0.25) is 0 Å². The predicted octanol–water partition coefficient (Wildman–Crippen LogP) is 0.406. The third-order valence-electron chi connectivity index (χ3n) is 3.21. The highest BCUT2D eigenvalue weighted by atomic mass is 16.3. The summed E-state index contributed by atoms with van der Waals surface area (Å²) in [4.78, 5) is 3.81. The van der Waals surface area contributed by atoms with Crippen molar-refractivity contribution in [3.8, 4) is 0 Å². The molecule has 1 aromatic carbocycles. The minimum Gasteiger partial charge on any atom is -0.391 e. The van der Waals surface area contributed by atoms with Crippen molar-refractivity contribution in [1.29, 1.82) is 0 Å². The molecule has 0 aliphatic rings. The Labute approximate surface area is 111 Å². The molecular weight excluding hydrogens is 224 g/mol. The summed E-state index contributed by atoms with van der Waals surface area (Å²) in [7, 11) is 2.17. The van der Waals surface area contributed by atoms with Crippen LogP contribution in [0.4, 0.5) is 0 Å². The number of benzene rings is 1. The van der Waals surface area contributed by atoms with E-state index < -0.39 is 0 Å². The van der Waals surface area contributed by atoms with Crippen LogP contribution in [0.1, 0.15) is 18.9 Å². The molecule has 0 bridgehead atoms. The lowest BCUT2D eigenvalue weighted by Gasteiger charge is -2.22. The summed E-state index contributed by atoms with van der Waals surface area (Å²) in [5.74, 6) is 0. The summed E-state index contributed by atoms with van der Waals surface area (Å²) in [6.45, 7) is 7.63. The first-order chi connectivity index (χ1) is 8.76. The maximum atomic E-state index is 9.15. The SMILES string of the molecule is CCCN(C)CC[NH+](CCO)Cc1ccccc1. The van der Waals surface area contributed by atoms with E-state index in [1.54, 1.807) is 0 Å². The zero-order valence-electron chi connectivity index (χ0n) is 11.7. The second kappa shape index (κ2) is 9.09. The maximum absolute atomic E-state index is 9.15. The van der Waals surface area contributed by atoms with Crippen LogP contribution in [0.25, 0.3) is 0 Å². The average molecular weight is 251 g/mol. The van der Waals surface area contributed by atoms with E-state index in [2.05, 4.69) is 43.1 Å². The fourth-order valence-electron chi connectivity index (χ4n) is 2.19. The van der Waals surface area contributed by atoms with Crippen LogP contribution in [0, 0.1) is 0 Å². The van der Waals surface area contributed by atoms with Gasteiger partial charge in [0.05, 0.1) is 13.2 Å². The fourth-order valence-corrected chi connectivity index (χ4v) is 2.19. The minimum atomic E-state index is 0.264. The quantitative estimate of drug-likeness (QED) is 0.665. The van der Waals surface area contributed by atoms with Gasteiger partial charge in [-0.05, 0) is 20.0 Å². The first-order valence-electron chi connectivity index (χ1n) is 6.93. The molecule has 102 valence electrons. The van der Waals surface area contributed by atoms with Crippen LogP contribution in [-0.4, -0.2) is 49.8 Å². The van der Waals surface area contributed by atoms with Crippen LogP contribution in [0.5, 0.6) is 0 Å². The van der Waals surface area contributed by atoms with E-state index in [-0.39, 0.29) is 6.61 Å².